The van der Waals surface area contributed by atoms with Gasteiger partial charge >= 0.3 is 0 Å². The van der Waals surface area contributed by atoms with Gasteiger partial charge in [-0.15, -0.1) is 12.3 Å². The molecule has 7 heteroatoms. The minimum Gasteiger partial charge on any atom is -0.258 e. The number of hydrogen-bond donors (Lipinski definition) is 1. The normalized spacial score (nSPS) is 10.8. The Balaban J connectivity index is 2.85. The highest BCUT2D eigenvalue weighted by atomic mass is 32.2. The smallest absolute Gasteiger partial charge is 0.258 e. The molecule has 0 aliphatic rings. The Bertz CT molecular complexity index is 575. The highest BCUT2D eigenvalue weighted by Crippen LogP contribution is 2.19. The van der Waals surface area contributed by atoms with Gasteiger partial charge in [0.15, 0.2) is 0 Å². The van der Waals surface area contributed by atoms with E-state index < -0.39 is 20.7 Å². The first-order chi connectivity index (χ1) is 8.46. The zero-order valence-electron chi connectivity index (χ0n) is 9.50. The molecule has 0 radical (unpaired) electrons. The fraction of sp³-hybridized carbons (Fsp3) is 0.273. The number of nitro groups is 1. The van der Waals surface area contributed by atoms with Gasteiger partial charge < -0.3 is 0 Å². The third-order valence-corrected chi connectivity index (χ3v) is 3.46. The van der Waals surface area contributed by atoms with Gasteiger partial charge in [-0.3, -0.25) is 10.1 Å². The molecule has 96 valence electrons. The summed E-state index contributed by atoms with van der Waals surface area (Å²) in [5.74, 6) is 1.86. The van der Waals surface area contributed by atoms with Crippen molar-refractivity contribution in [3.05, 3.63) is 39.9 Å². The van der Waals surface area contributed by atoms with Crippen LogP contribution in [0, 0.1) is 22.5 Å². The van der Waals surface area contributed by atoms with E-state index in [0.717, 1.165) is 0 Å². The molecule has 0 spiro atoms. The highest BCUT2D eigenvalue weighted by Gasteiger charge is 2.18. The van der Waals surface area contributed by atoms with Crippen LogP contribution in [-0.4, -0.2) is 19.9 Å². The number of rotatable bonds is 6. The second-order valence-corrected chi connectivity index (χ2v) is 5.30. The van der Waals surface area contributed by atoms with Crippen molar-refractivity contribution in [1.29, 1.82) is 0 Å². The molecule has 0 aromatic heterocycles. The van der Waals surface area contributed by atoms with Gasteiger partial charge in [0.1, 0.15) is 0 Å². The number of sulfonamides is 1. The van der Waals surface area contributed by atoms with E-state index in [2.05, 4.69) is 10.6 Å². The minimum absolute atomic E-state index is 0.124. The SMILES string of the molecule is C#CCCNS(=O)(=O)Cc1ccccc1[N+](=O)[O-]. The summed E-state index contributed by atoms with van der Waals surface area (Å²) in [5, 5.41) is 10.7. The zero-order chi connectivity index (χ0) is 13.6. The Kier molecular flexibility index (Phi) is 4.83. The van der Waals surface area contributed by atoms with E-state index in [0.29, 0.717) is 0 Å². The first kappa shape index (κ1) is 14.2. The lowest BCUT2D eigenvalue weighted by atomic mass is 10.2. The molecule has 0 atom stereocenters. The first-order valence-electron chi connectivity index (χ1n) is 5.09. The van der Waals surface area contributed by atoms with Crippen molar-refractivity contribution in [2.75, 3.05) is 6.54 Å². The summed E-state index contributed by atoms with van der Waals surface area (Å²) in [4.78, 5) is 10.1. The third kappa shape index (κ3) is 4.16. The second kappa shape index (κ2) is 6.14. The zero-order valence-corrected chi connectivity index (χ0v) is 10.3. The monoisotopic (exact) mass is 268 g/mol. The van der Waals surface area contributed by atoms with Crippen LogP contribution in [0.1, 0.15) is 12.0 Å². The Morgan fingerprint density at radius 3 is 2.67 bits per heavy atom. The number of para-hydroxylation sites is 1. The molecule has 0 bridgehead atoms. The summed E-state index contributed by atoms with van der Waals surface area (Å²) in [6, 6.07) is 5.73. The highest BCUT2D eigenvalue weighted by molar-refractivity contribution is 7.88. The second-order valence-electron chi connectivity index (χ2n) is 3.49. The lowest BCUT2D eigenvalue weighted by Gasteiger charge is -2.05. The van der Waals surface area contributed by atoms with Crippen LogP contribution >= 0.6 is 0 Å². The average molecular weight is 268 g/mol. The Hall–Kier alpha value is -1.91. The van der Waals surface area contributed by atoms with Crippen LogP contribution < -0.4 is 4.72 Å². The maximum Gasteiger partial charge on any atom is 0.273 e. The molecule has 1 N–H and O–H groups in total. The summed E-state index contributed by atoms with van der Waals surface area (Å²) in [7, 11) is -3.61. The Morgan fingerprint density at radius 2 is 2.06 bits per heavy atom. The molecule has 0 unspecified atom stereocenters. The molecule has 1 aromatic carbocycles. The Morgan fingerprint density at radius 1 is 1.39 bits per heavy atom. The molecule has 0 aliphatic carbocycles. The number of nitro benzene ring substituents is 1. The Labute approximate surface area is 105 Å². The quantitative estimate of drug-likeness (QED) is 0.361. The molecule has 1 rings (SSSR count). The van der Waals surface area contributed by atoms with Gasteiger partial charge in [0.05, 0.1) is 10.7 Å². The topological polar surface area (TPSA) is 89.3 Å². The van der Waals surface area contributed by atoms with Crippen molar-refractivity contribution >= 4 is 15.7 Å². The van der Waals surface area contributed by atoms with Gasteiger partial charge in [-0.25, -0.2) is 13.1 Å². The predicted octanol–water partition coefficient (Wildman–Crippen LogP) is 1.04. The van der Waals surface area contributed by atoms with Crippen LogP contribution in [0.5, 0.6) is 0 Å². The number of nitrogens with zero attached hydrogens (tertiary/aromatic N) is 1. The summed E-state index contributed by atoms with van der Waals surface area (Å²) in [5.41, 5.74) is -0.0597. The van der Waals surface area contributed by atoms with E-state index in [-0.39, 0.29) is 24.2 Å². The van der Waals surface area contributed by atoms with Crippen LogP contribution in [0.3, 0.4) is 0 Å². The molecule has 6 nitrogen and oxygen atoms in total. The van der Waals surface area contributed by atoms with Crippen LogP contribution in [0.4, 0.5) is 5.69 Å². The van der Waals surface area contributed by atoms with Crippen LogP contribution in [0.2, 0.25) is 0 Å². The van der Waals surface area contributed by atoms with Crippen molar-refractivity contribution in [3.63, 3.8) is 0 Å². The molecular weight excluding hydrogens is 256 g/mol. The summed E-state index contributed by atoms with van der Waals surface area (Å²) in [6.45, 7) is 0.124. The molecule has 0 amide bonds. The third-order valence-electron chi connectivity index (χ3n) is 2.13. The number of hydrogen-bond acceptors (Lipinski definition) is 4. The maximum absolute atomic E-state index is 11.6. The van der Waals surface area contributed by atoms with Crippen LogP contribution in [0.15, 0.2) is 24.3 Å². The largest absolute Gasteiger partial charge is 0.273 e. The van der Waals surface area contributed by atoms with E-state index >= 15 is 0 Å². The molecule has 18 heavy (non-hydrogen) atoms. The standard InChI is InChI=1S/C11H12N2O4S/c1-2-3-8-12-18(16,17)9-10-6-4-5-7-11(10)13(14)15/h1,4-7,12H,3,8-9H2. The summed E-state index contributed by atoms with van der Waals surface area (Å²) < 4.78 is 25.6. The van der Waals surface area contributed by atoms with Crippen molar-refractivity contribution in [1.82, 2.24) is 4.72 Å². The first-order valence-corrected chi connectivity index (χ1v) is 6.74. The maximum atomic E-state index is 11.6. The van der Waals surface area contributed by atoms with Gasteiger partial charge in [-0.2, -0.15) is 0 Å². The number of benzene rings is 1. The lowest BCUT2D eigenvalue weighted by Crippen LogP contribution is -2.26. The van der Waals surface area contributed by atoms with Crippen molar-refractivity contribution < 1.29 is 13.3 Å². The molecule has 0 saturated heterocycles. The van der Waals surface area contributed by atoms with Gasteiger partial charge in [0.2, 0.25) is 10.0 Å². The van der Waals surface area contributed by atoms with Crippen LogP contribution in [-0.2, 0) is 15.8 Å². The average Bonchev–Trinajstić information content (AvgIpc) is 2.29. The molecule has 0 fully saturated rings. The number of terminal acetylenes is 1. The van der Waals surface area contributed by atoms with Gasteiger partial charge in [0.25, 0.3) is 5.69 Å². The number of nitrogens with one attached hydrogen (secondary N) is 1. The fourth-order valence-corrected chi connectivity index (χ4v) is 2.51. The van der Waals surface area contributed by atoms with E-state index in [9.17, 15) is 18.5 Å². The van der Waals surface area contributed by atoms with Crippen molar-refractivity contribution in [3.8, 4) is 12.3 Å². The van der Waals surface area contributed by atoms with Crippen LogP contribution in [0.25, 0.3) is 0 Å². The van der Waals surface area contributed by atoms with E-state index in [4.69, 9.17) is 6.42 Å². The van der Waals surface area contributed by atoms with E-state index in [1.807, 2.05) is 0 Å². The van der Waals surface area contributed by atoms with Gasteiger partial charge in [-0.05, 0) is 0 Å². The van der Waals surface area contributed by atoms with Crippen molar-refractivity contribution in [2.24, 2.45) is 0 Å². The van der Waals surface area contributed by atoms with Gasteiger partial charge in [-0.1, -0.05) is 18.2 Å². The van der Waals surface area contributed by atoms with E-state index in [1.165, 1.54) is 18.2 Å². The summed E-state index contributed by atoms with van der Waals surface area (Å²) >= 11 is 0. The van der Waals surface area contributed by atoms with Crippen molar-refractivity contribution in [2.45, 2.75) is 12.2 Å². The van der Waals surface area contributed by atoms with E-state index in [1.54, 1.807) is 6.07 Å². The molecule has 0 aliphatic heterocycles. The molecule has 1 aromatic rings. The molecular formula is C11H12N2O4S. The predicted molar refractivity (Wildman–Crippen MR) is 67.2 cm³/mol. The van der Waals surface area contributed by atoms with Gasteiger partial charge in [0, 0.05) is 24.6 Å². The molecule has 0 saturated carbocycles. The summed E-state index contributed by atoms with van der Waals surface area (Å²) in [6.07, 6.45) is 5.27. The fourth-order valence-electron chi connectivity index (χ4n) is 1.35. The lowest BCUT2D eigenvalue weighted by molar-refractivity contribution is -0.385. The molecule has 0 heterocycles. The minimum atomic E-state index is -3.61.